The molecule has 0 saturated carbocycles. The Kier molecular flexibility index (Phi) is 5.37. The molecule has 0 aliphatic rings. The number of rotatable bonds is 6. The minimum atomic E-state index is 0.0529. The maximum absolute atomic E-state index is 5.73. The lowest BCUT2D eigenvalue weighted by molar-refractivity contribution is 0.0566. The summed E-state index contributed by atoms with van der Waals surface area (Å²) in [5.41, 5.74) is 8.15. The highest BCUT2D eigenvalue weighted by atomic mass is 16.5. The van der Waals surface area contributed by atoms with Crippen molar-refractivity contribution in [2.24, 2.45) is 5.73 Å². The highest BCUT2D eigenvalue weighted by molar-refractivity contribution is 5.23. The molecule has 1 unspecified atom stereocenters. The van der Waals surface area contributed by atoms with Gasteiger partial charge in [-0.15, -0.1) is 0 Å². The molecule has 0 spiro atoms. The van der Waals surface area contributed by atoms with Crippen LogP contribution in [0.2, 0.25) is 0 Å². The van der Waals surface area contributed by atoms with Crippen LogP contribution in [-0.4, -0.2) is 13.2 Å². The molecule has 0 aliphatic heterocycles. The van der Waals surface area contributed by atoms with Gasteiger partial charge >= 0.3 is 0 Å². The first kappa shape index (κ1) is 12.2. The number of aryl methyl sites for hydroxylation is 1. The van der Waals surface area contributed by atoms with Crippen LogP contribution in [0.15, 0.2) is 24.3 Å². The van der Waals surface area contributed by atoms with Gasteiger partial charge in [-0.3, -0.25) is 0 Å². The summed E-state index contributed by atoms with van der Waals surface area (Å²) in [5.74, 6) is 0. The molecule has 2 nitrogen and oxygen atoms in total. The van der Waals surface area contributed by atoms with E-state index in [9.17, 15) is 0 Å². The largest absolute Gasteiger partial charge is 0.372 e. The lowest BCUT2D eigenvalue weighted by Gasteiger charge is -2.16. The van der Waals surface area contributed by atoms with Gasteiger partial charge in [-0.2, -0.15) is 0 Å². The van der Waals surface area contributed by atoms with E-state index in [1.165, 1.54) is 11.1 Å². The number of hydrogen-bond acceptors (Lipinski definition) is 2. The molecule has 0 amide bonds. The molecule has 1 aromatic carbocycles. The van der Waals surface area contributed by atoms with Gasteiger partial charge in [0.15, 0.2) is 0 Å². The van der Waals surface area contributed by atoms with Crippen molar-refractivity contribution in [2.45, 2.75) is 32.8 Å². The summed E-state index contributed by atoms with van der Waals surface area (Å²) in [5, 5.41) is 0. The predicted octanol–water partition coefficient (Wildman–Crippen LogP) is 2.81. The second-order valence-electron chi connectivity index (χ2n) is 3.86. The van der Waals surface area contributed by atoms with Gasteiger partial charge in [-0.25, -0.2) is 0 Å². The van der Waals surface area contributed by atoms with Gasteiger partial charge < -0.3 is 10.5 Å². The summed E-state index contributed by atoms with van der Waals surface area (Å²) in [6, 6.07) is 8.39. The minimum absolute atomic E-state index is 0.0529. The van der Waals surface area contributed by atoms with E-state index in [2.05, 4.69) is 38.1 Å². The molecule has 1 rings (SSSR count). The summed E-state index contributed by atoms with van der Waals surface area (Å²) in [6.07, 6.45) is 2.31. The van der Waals surface area contributed by atoms with E-state index < -0.39 is 0 Å². The van der Waals surface area contributed by atoms with Gasteiger partial charge in [-0.05, 0) is 18.9 Å². The third-order valence-electron chi connectivity index (χ3n) is 2.48. The van der Waals surface area contributed by atoms with Crippen molar-refractivity contribution in [3.63, 3.8) is 0 Å². The molecule has 2 heteroatoms. The molecular weight excluding hydrogens is 186 g/mol. The minimum Gasteiger partial charge on any atom is -0.372 e. The first-order chi connectivity index (χ1) is 7.27. The summed E-state index contributed by atoms with van der Waals surface area (Å²) in [4.78, 5) is 0. The van der Waals surface area contributed by atoms with Crippen LogP contribution in [0.3, 0.4) is 0 Å². The zero-order chi connectivity index (χ0) is 11.1. The van der Waals surface area contributed by atoms with E-state index in [0.29, 0.717) is 6.54 Å². The van der Waals surface area contributed by atoms with Crippen molar-refractivity contribution >= 4 is 0 Å². The van der Waals surface area contributed by atoms with Gasteiger partial charge in [-0.1, -0.05) is 43.2 Å². The number of unbranched alkanes of at least 4 members (excludes halogenated alkanes) is 1. The fourth-order valence-corrected chi connectivity index (χ4v) is 1.45. The van der Waals surface area contributed by atoms with E-state index in [4.69, 9.17) is 10.5 Å². The van der Waals surface area contributed by atoms with Crippen molar-refractivity contribution in [1.29, 1.82) is 0 Å². The quantitative estimate of drug-likeness (QED) is 0.728. The molecule has 1 atom stereocenters. The predicted molar refractivity (Wildman–Crippen MR) is 63.8 cm³/mol. The molecule has 15 heavy (non-hydrogen) atoms. The first-order valence-electron chi connectivity index (χ1n) is 5.66. The zero-order valence-electron chi connectivity index (χ0n) is 9.70. The van der Waals surface area contributed by atoms with Crippen molar-refractivity contribution in [1.82, 2.24) is 0 Å². The summed E-state index contributed by atoms with van der Waals surface area (Å²) >= 11 is 0. The molecule has 0 bridgehead atoms. The maximum Gasteiger partial charge on any atom is 0.0947 e. The molecule has 0 aliphatic carbocycles. The average molecular weight is 207 g/mol. The van der Waals surface area contributed by atoms with Crippen LogP contribution in [0.1, 0.15) is 37.0 Å². The Morgan fingerprint density at radius 1 is 1.27 bits per heavy atom. The van der Waals surface area contributed by atoms with E-state index in [0.717, 1.165) is 19.4 Å². The zero-order valence-corrected chi connectivity index (χ0v) is 9.70. The number of hydrogen-bond donors (Lipinski definition) is 1. The Balaban J connectivity index is 2.53. The van der Waals surface area contributed by atoms with Crippen LogP contribution in [0.25, 0.3) is 0 Å². The molecule has 1 aromatic rings. The van der Waals surface area contributed by atoms with Crippen molar-refractivity contribution in [3.05, 3.63) is 35.4 Å². The Bertz CT molecular complexity index is 268. The Morgan fingerprint density at radius 2 is 1.93 bits per heavy atom. The number of ether oxygens (including phenoxy) is 1. The van der Waals surface area contributed by atoms with Gasteiger partial charge in [0.25, 0.3) is 0 Å². The van der Waals surface area contributed by atoms with Crippen molar-refractivity contribution in [2.75, 3.05) is 13.2 Å². The van der Waals surface area contributed by atoms with Gasteiger partial charge in [0.2, 0.25) is 0 Å². The third-order valence-corrected chi connectivity index (χ3v) is 2.48. The second-order valence-corrected chi connectivity index (χ2v) is 3.86. The molecule has 2 N–H and O–H groups in total. The highest BCUT2D eigenvalue weighted by Crippen LogP contribution is 2.17. The Labute approximate surface area is 92.4 Å². The van der Waals surface area contributed by atoms with Crippen LogP contribution in [0, 0.1) is 6.92 Å². The van der Waals surface area contributed by atoms with Crippen molar-refractivity contribution < 1.29 is 4.74 Å². The molecule has 0 aromatic heterocycles. The van der Waals surface area contributed by atoms with Gasteiger partial charge in [0.1, 0.15) is 0 Å². The van der Waals surface area contributed by atoms with Crippen LogP contribution >= 0.6 is 0 Å². The van der Waals surface area contributed by atoms with Crippen molar-refractivity contribution in [3.8, 4) is 0 Å². The molecule has 0 fully saturated rings. The second kappa shape index (κ2) is 6.59. The Morgan fingerprint density at radius 3 is 2.47 bits per heavy atom. The maximum atomic E-state index is 5.73. The highest BCUT2D eigenvalue weighted by Gasteiger charge is 2.08. The van der Waals surface area contributed by atoms with Gasteiger partial charge in [0.05, 0.1) is 6.10 Å². The lowest BCUT2D eigenvalue weighted by atomic mass is 10.1. The van der Waals surface area contributed by atoms with E-state index >= 15 is 0 Å². The molecule has 0 saturated heterocycles. The van der Waals surface area contributed by atoms with E-state index in [-0.39, 0.29) is 6.10 Å². The number of nitrogens with two attached hydrogens (primary N) is 1. The summed E-state index contributed by atoms with van der Waals surface area (Å²) in [6.45, 7) is 5.59. The van der Waals surface area contributed by atoms with Crippen LogP contribution in [0.5, 0.6) is 0 Å². The average Bonchev–Trinajstić information content (AvgIpc) is 2.26. The lowest BCUT2D eigenvalue weighted by Crippen LogP contribution is -2.16. The smallest absolute Gasteiger partial charge is 0.0947 e. The van der Waals surface area contributed by atoms with Gasteiger partial charge in [0, 0.05) is 13.2 Å². The molecule has 0 radical (unpaired) electrons. The third kappa shape index (κ3) is 4.02. The first-order valence-corrected chi connectivity index (χ1v) is 5.66. The van der Waals surface area contributed by atoms with Crippen LogP contribution < -0.4 is 5.73 Å². The summed E-state index contributed by atoms with van der Waals surface area (Å²) in [7, 11) is 0. The molecule has 84 valence electrons. The monoisotopic (exact) mass is 207 g/mol. The van der Waals surface area contributed by atoms with E-state index in [1.54, 1.807) is 0 Å². The fraction of sp³-hybridized carbons (Fsp3) is 0.538. The molecular formula is C13H21NO. The normalized spacial score (nSPS) is 12.7. The number of benzene rings is 1. The van der Waals surface area contributed by atoms with Crippen LogP contribution in [-0.2, 0) is 4.74 Å². The fourth-order valence-electron chi connectivity index (χ4n) is 1.45. The van der Waals surface area contributed by atoms with E-state index in [1.807, 2.05) is 0 Å². The SMILES string of the molecule is CCCCOC(CN)c1ccc(C)cc1. The van der Waals surface area contributed by atoms with Crippen LogP contribution in [0.4, 0.5) is 0 Å². The standard InChI is InChI=1S/C13H21NO/c1-3-4-9-15-13(10-14)12-7-5-11(2)6-8-12/h5-8,13H,3-4,9-10,14H2,1-2H3. The summed E-state index contributed by atoms with van der Waals surface area (Å²) < 4.78 is 5.73. The topological polar surface area (TPSA) is 35.2 Å². The molecule has 0 heterocycles. The Hall–Kier alpha value is -0.860.